The number of methoxy groups -OCH3 is 1. The van der Waals surface area contributed by atoms with Gasteiger partial charge in [0.15, 0.2) is 0 Å². The van der Waals surface area contributed by atoms with Gasteiger partial charge < -0.3 is 14.4 Å². The zero-order valence-corrected chi connectivity index (χ0v) is 20.4. The van der Waals surface area contributed by atoms with Gasteiger partial charge in [0.2, 0.25) is 0 Å². The van der Waals surface area contributed by atoms with Crippen molar-refractivity contribution in [3.63, 3.8) is 0 Å². The molecule has 2 saturated heterocycles. The zero-order valence-electron chi connectivity index (χ0n) is 19.6. The molecular formula is C25H37ClN2O4. The minimum atomic E-state index is -0.736. The van der Waals surface area contributed by atoms with E-state index in [1.807, 2.05) is 18.2 Å². The van der Waals surface area contributed by atoms with Gasteiger partial charge in [-0.15, -0.1) is 0 Å². The summed E-state index contributed by atoms with van der Waals surface area (Å²) in [5, 5.41) is 0.746. The number of halogens is 1. The number of benzene rings is 1. The summed E-state index contributed by atoms with van der Waals surface area (Å²) >= 11 is 6.14. The number of likely N-dealkylation sites (N-methyl/N-ethyl adjacent to an activating group) is 1. The summed E-state index contributed by atoms with van der Waals surface area (Å²) in [6.45, 7) is 5.77. The molecule has 2 aliphatic rings. The molecule has 0 aliphatic carbocycles. The third-order valence-electron chi connectivity index (χ3n) is 6.89. The van der Waals surface area contributed by atoms with Gasteiger partial charge in [-0.25, -0.2) is 0 Å². The Morgan fingerprint density at radius 2 is 1.94 bits per heavy atom. The highest BCUT2D eigenvalue weighted by atomic mass is 35.5. The van der Waals surface area contributed by atoms with E-state index >= 15 is 0 Å². The number of ketones is 1. The Balaban J connectivity index is 1.69. The maximum absolute atomic E-state index is 12.9. The van der Waals surface area contributed by atoms with Gasteiger partial charge in [-0.2, -0.15) is 0 Å². The minimum absolute atomic E-state index is 0.0556. The largest absolute Gasteiger partial charge is 0.457 e. The number of carbonyl (C=O) groups is 2. The number of piperidine rings is 1. The summed E-state index contributed by atoms with van der Waals surface area (Å²) in [6, 6.07) is 7.95. The van der Waals surface area contributed by atoms with Gasteiger partial charge in [-0.1, -0.05) is 23.7 Å². The summed E-state index contributed by atoms with van der Waals surface area (Å²) in [7, 11) is 3.78. The lowest BCUT2D eigenvalue weighted by molar-refractivity contribution is -0.173. The zero-order chi connectivity index (χ0) is 23.1. The molecule has 1 spiro atoms. The molecule has 3 rings (SSSR count). The highest BCUT2D eigenvalue weighted by Crippen LogP contribution is 2.30. The second-order valence-electron chi connectivity index (χ2n) is 9.47. The Hall–Kier alpha value is -1.47. The van der Waals surface area contributed by atoms with Gasteiger partial charge in [-0.05, 0) is 57.5 Å². The number of nitrogens with zero attached hydrogens (tertiary/aromatic N) is 2. The molecule has 0 aromatic heterocycles. The normalized spacial score (nSPS) is 26.8. The second kappa shape index (κ2) is 11.6. The molecule has 2 heterocycles. The Bertz CT molecular complexity index is 779. The average Bonchev–Trinajstić information content (AvgIpc) is 2.77. The highest BCUT2D eigenvalue weighted by molar-refractivity contribution is 6.30. The van der Waals surface area contributed by atoms with E-state index in [9.17, 15) is 9.59 Å². The molecule has 178 valence electrons. The van der Waals surface area contributed by atoms with Crippen molar-refractivity contribution in [2.24, 2.45) is 5.92 Å². The van der Waals surface area contributed by atoms with Gasteiger partial charge >= 0.3 is 5.97 Å². The molecule has 32 heavy (non-hydrogen) atoms. The van der Waals surface area contributed by atoms with E-state index in [0.29, 0.717) is 19.4 Å². The van der Waals surface area contributed by atoms with Crippen molar-refractivity contribution in [1.29, 1.82) is 0 Å². The molecule has 6 nitrogen and oxygen atoms in total. The quantitative estimate of drug-likeness (QED) is 0.498. The average molecular weight is 465 g/mol. The highest BCUT2D eigenvalue weighted by Gasteiger charge is 2.41. The molecule has 1 aromatic rings. The van der Waals surface area contributed by atoms with Crippen LogP contribution < -0.4 is 0 Å². The van der Waals surface area contributed by atoms with Crippen LogP contribution >= 0.6 is 11.6 Å². The molecule has 0 bridgehead atoms. The van der Waals surface area contributed by atoms with Crippen LogP contribution in [0.15, 0.2) is 24.3 Å². The first-order chi connectivity index (χ1) is 15.3. The number of hydrogen-bond donors (Lipinski definition) is 0. The van der Waals surface area contributed by atoms with Gasteiger partial charge in [0.05, 0.1) is 6.10 Å². The van der Waals surface area contributed by atoms with Crippen molar-refractivity contribution in [3.8, 4) is 0 Å². The van der Waals surface area contributed by atoms with E-state index in [-0.39, 0.29) is 17.9 Å². The number of ether oxygens (including phenoxy) is 2. The van der Waals surface area contributed by atoms with Crippen LogP contribution in [0.2, 0.25) is 5.02 Å². The van der Waals surface area contributed by atoms with Crippen LogP contribution in [0.25, 0.3) is 0 Å². The van der Waals surface area contributed by atoms with Crippen molar-refractivity contribution >= 4 is 23.4 Å². The number of Topliss-reactive ketones (excluding diaryl/α,β-unsaturated/α-hetero) is 1. The molecule has 2 aliphatic heterocycles. The number of likely N-dealkylation sites (tertiary alicyclic amines) is 1. The van der Waals surface area contributed by atoms with E-state index < -0.39 is 11.5 Å². The summed E-state index contributed by atoms with van der Waals surface area (Å²) in [5.74, 6) is -1.18. The molecule has 7 heteroatoms. The van der Waals surface area contributed by atoms with Crippen LogP contribution in [0.4, 0.5) is 0 Å². The minimum Gasteiger partial charge on any atom is -0.457 e. The van der Waals surface area contributed by atoms with Crippen LogP contribution in [0.5, 0.6) is 0 Å². The van der Waals surface area contributed by atoms with Gasteiger partial charge in [0, 0.05) is 57.6 Å². The van der Waals surface area contributed by atoms with Gasteiger partial charge in [-0.3, -0.25) is 14.5 Å². The third kappa shape index (κ3) is 7.01. The predicted octanol–water partition coefficient (Wildman–Crippen LogP) is 3.94. The molecule has 1 aromatic carbocycles. The first-order valence-electron chi connectivity index (χ1n) is 11.7. The number of hydrogen-bond acceptors (Lipinski definition) is 6. The van der Waals surface area contributed by atoms with E-state index in [0.717, 1.165) is 56.9 Å². The molecule has 0 radical (unpaired) electrons. The van der Waals surface area contributed by atoms with Crippen molar-refractivity contribution in [2.75, 3.05) is 40.3 Å². The van der Waals surface area contributed by atoms with E-state index in [1.54, 1.807) is 14.0 Å². The fourth-order valence-electron chi connectivity index (χ4n) is 4.80. The van der Waals surface area contributed by atoms with E-state index in [4.69, 9.17) is 21.1 Å². The Labute approximate surface area is 197 Å². The Morgan fingerprint density at radius 3 is 2.62 bits per heavy atom. The summed E-state index contributed by atoms with van der Waals surface area (Å²) in [5.41, 5.74) is 0.629. The summed E-state index contributed by atoms with van der Waals surface area (Å²) < 4.78 is 11.7. The predicted molar refractivity (Wildman–Crippen MR) is 126 cm³/mol. The monoisotopic (exact) mass is 464 g/mol. The van der Waals surface area contributed by atoms with Gasteiger partial charge in [0.1, 0.15) is 17.3 Å². The number of rotatable bonds is 3. The van der Waals surface area contributed by atoms with E-state index in [2.05, 4.69) is 22.9 Å². The summed E-state index contributed by atoms with van der Waals surface area (Å²) in [6.07, 6.45) is 4.48. The third-order valence-corrected chi connectivity index (χ3v) is 7.12. The van der Waals surface area contributed by atoms with Crippen LogP contribution in [0, 0.1) is 5.92 Å². The van der Waals surface area contributed by atoms with E-state index in [1.165, 1.54) is 5.56 Å². The molecule has 2 atom stereocenters. The van der Waals surface area contributed by atoms with Crippen molar-refractivity contribution < 1.29 is 19.1 Å². The molecular weight excluding hydrogens is 428 g/mol. The Morgan fingerprint density at radius 1 is 1.19 bits per heavy atom. The molecule has 2 fully saturated rings. The lowest BCUT2D eigenvalue weighted by Crippen LogP contribution is -2.53. The first kappa shape index (κ1) is 25.2. The smallest absolute Gasteiger partial charge is 0.316 e. The second-order valence-corrected chi connectivity index (χ2v) is 9.91. The van der Waals surface area contributed by atoms with Crippen molar-refractivity contribution in [3.05, 3.63) is 34.9 Å². The van der Waals surface area contributed by atoms with Crippen LogP contribution in [0.3, 0.4) is 0 Å². The number of carbonyl (C=O) groups excluding carboxylic acids is 2. The number of esters is 1. The SMILES string of the molecule is COC1CCCN(C)CC2(CCN(Cc3cccc(Cl)c3)CC2)OC(=O)C(C)C(=O)CC1. The van der Waals surface area contributed by atoms with Crippen LogP contribution in [-0.2, 0) is 25.6 Å². The first-order valence-corrected chi connectivity index (χ1v) is 12.1. The van der Waals surface area contributed by atoms with Crippen molar-refractivity contribution in [2.45, 2.75) is 63.7 Å². The molecule has 0 N–H and O–H groups in total. The fourth-order valence-corrected chi connectivity index (χ4v) is 5.01. The maximum Gasteiger partial charge on any atom is 0.316 e. The lowest BCUT2D eigenvalue weighted by atomic mass is 9.89. The topological polar surface area (TPSA) is 59.1 Å². The molecule has 0 amide bonds. The van der Waals surface area contributed by atoms with Crippen LogP contribution in [-0.4, -0.2) is 73.6 Å². The Kier molecular flexibility index (Phi) is 9.12. The lowest BCUT2D eigenvalue weighted by Gasteiger charge is -2.43. The van der Waals surface area contributed by atoms with Crippen LogP contribution in [0.1, 0.15) is 51.0 Å². The summed E-state index contributed by atoms with van der Waals surface area (Å²) in [4.78, 5) is 30.2. The maximum atomic E-state index is 12.9. The molecule has 0 saturated carbocycles. The van der Waals surface area contributed by atoms with Gasteiger partial charge in [0.25, 0.3) is 0 Å². The standard InChI is InChI=1S/C25H37ClN2O4/c1-19-23(29)10-9-22(31-3)8-5-13-27(2)18-25(32-24(19)30)11-14-28(15-12-25)17-20-6-4-7-21(26)16-20/h4,6-7,16,19,22H,5,8-15,17-18H2,1-3H3. The molecule has 2 unspecified atom stereocenters. The van der Waals surface area contributed by atoms with Crippen molar-refractivity contribution in [1.82, 2.24) is 9.80 Å². The fraction of sp³-hybridized carbons (Fsp3) is 0.680.